The van der Waals surface area contributed by atoms with Crippen molar-refractivity contribution in [2.45, 2.75) is 40.0 Å². The van der Waals surface area contributed by atoms with Crippen LogP contribution in [0.4, 0.5) is 5.82 Å². The minimum Gasteiger partial charge on any atom is -0.383 e. The zero-order valence-corrected chi connectivity index (χ0v) is 11.9. The van der Waals surface area contributed by atoms with Crippen LogP contribution in [0.5, 0.6) is 0 Å². The highest BCUT2D eigenvalue weighted by Crippen LogP contribution is 2.23. The molecule has 0 spiro atoms. The minimum absolute atomic E-state index is 0.396. The molecule has 0 atom stereocenters. The summed E-state index contributed by atoms with van der Waals surface area (Å²) in [5.74, 6) is 2.44. The number of hydrogen-bond acceptors (Lipinski definition) is 3. The molecule has 3 nitrogen and oxygen atoms in total. The summed E-state index contributed by atoms with van der Waals surface area (Å²) in [5, 5.41) is 0. The fraction of sp³-hybridized carbons (Fsp3) is 0.636. The van der Waals surface area contributed by atoms with Crippen molar-refractivity contribution in [1.29, 1.82) is 0 Å². The van der Waals surface area contributed by atoms with E-state index in [0.29, 0.717) is 17.7 Å². The smallest absolute Gasteiger partial charge is 0.140 e. The highest BCUT2D eigenvalue weighted by atomic mass is 127. The van der Waals surface area contributed by atoms with Crippen molar-refractivity contribution < 1.29 is 0 Å². The Balaban J connectivity index is 3.11. The third kappa shape index (κ3) is 3.29. The molecule has 0 aliphatic heterocycles. The first-order chi connectivity index (χ1) is 6.91. The Bertz CT molecular complexity index is 348. The lowest BCUT2D eigenvalue weighted by Gasteiger charge is -2.12. The molecule has 1 rings (SSSR count). The van der Waals surface area contributed by atoms with Crippen LogP contribution < -0.4 is 5.73 Å². The standard InChI is InChI=1S/C11H18IN3/c1-6(2)5-8-14-10(7(3)4)9(12)11(13)15-8/h6-7H,5H2,1-4H3,(H2,13,14,15). The Morgan fingerprint density at radius 3 is 2.27 bits per heavy atom. The van der Waals surface area contributed by atoms with Gasteiger partial charge in [0.2, 0.25) is 0 Å². The van der Waals surface area contributed by atoms with Crippen molar-refractivity contribution in [2.24, 2.45) is 5.92 Å². The van der Waals surface area contributed by atoms with Gasteiger partial charge in [0.25, 0.3) is 0 Å². The Labute approximate surface area is 105 Å². The zero-order chi connectivity index (χ0) is 11.6. The molecule has 4 heteroatoms. The van der Waals surface area contributed by atoms with Crippen LogP contribution in [0.25, 0.3) is 0 Å². The van der Waals surface area contributed by atoms with Crippen LogP contribution in [-0.2, 0) is 6.42 Å². The van der Waals surface area contributed by atoms with Crippen molar-refractivity contribution in [3.05, 3.63) is 15.1 Å². The van der Waals surface area contributed by atoms with Crippen molar-refractivity contribution in [1.82, 2.24) is 9.97 Å². The van der Waals surface area contributed by atoms with Gasteiger partial charge in [-0.3, -0.25) is 0 Å². The van der Waals surface area contributed by atoms with Gasteiger partial charge in [0, 0.05) is 6.42 Å². The molecular formula is C11H18IN3. The van der Waals surface area contributed by atoms with Crippen LogP contribution >= 0.6 is 22.6 Å². The number of rotatable bonds is 3. The normalized spacial score (nSPS) is 11.4. The van der Waals surface area contributed by atoms with E-state index in [9.17, 15) is 0 Å². The minimum atomic E-state index is 0.396. The number of halogens is 1. The van der Waals surface area contributed by atoms with Gasteiger partial charge in [-0.25, -0.2) is 9.97 Å². The monoisotopic (exact) mass is 319 g/mol. The first-order valence-corrected chi connectivity index (χ1v) is 6.31. The highest BCUT2D eigenvalue weighted by Gasteiger charge is 2.13. The largest absolute Gasteiger partial charge is 0.383 e. The maximum Gasteiger partial charge on any atom is 0.140 e. The third-order valence-electron chi connectivity index (χ3n) is 2.09. The lowest BCUT2D eigenvalue weighted by molar-refractivity contribution is 0.614. The molecule has 0 amide bonds. The van der Waals surface area contributed by atoms with Crippen molar-refractivity contribution in [3.63, 3.8) is 0 Å². The van der Waals surface area contributed by atoms with Crippen LogP contribution in [0.2, 0.25) is 0 Å². The second-order valence-corrected chi connectivity index (χ2v) is 5.56. The summed E-state index contributed by atoms with van der Waals surface area (Å²) >= 11 is 2.22. The van der Waals surface area contributed by atoms with E-state index in [-0.39, 0.29) is 0 Å². The first-order valence-electron chi connectivity index (χ1n) is 5.23. The molecule has 0 aliphatic carbocycles. The fourth-order valence-electron chi connectivity index (χ4n) is 1.37. The SMILES string of the molecule is CC(C)Cc1nc(N)c(I)c(C(C)C)n1. The molecule has 0 saturated carbocycles. The Morgan fingerprint density at radius 2 is 1.80 bits per heavy atom. The second-order valence-electron chi connectivity index (χ2n) is 4.48. The molecule has 0 aromatic carbocycles. The van der Waals surface area contributed by atoms with E-state index < -0.39 is 0 Å². The van der Waals surface area contributed by atoms with E-state index in [2.05, 4.69) is 60.3 Å². The molecule has 0 aliphatic rings. The molecule has 0 unspecified atom stereocenters. The van der Waals surface area contributed by atoms with Gasteiger partial charge in [0.1, 0.15) is 11.6 Å². The molecule has 15 heavy (non-hydrogen) atoms. The summed E-state index contributed by atoms with van der Waals surface area (Å²) in [6, 6.07) is 0. The number of aromatic nitrogens is 2. The highest BCUT2D eigenvalue weighted by molar-refractivity contribution is 14.1. The van der Waals surface area contributed by atoms with Gasteiger partial charge in [0.15, 0.2) is 0 Å². The van der Waals surface area contributed by atoms with Crippen molar-refractivity contribution >= 4 is 28.4 Å². The van der Waals surface area contributed by atoms with Crippen LogP contribution in [-0.4, -0.2) is 9.97 Å². The summed E-state index contributed by atoms with van der Waals surface area (Å²) in [6.45, 7) is 8.57. The number of hydrogen-bond donors (Lipinski definition) is 1. The Kier molecular flexibility index (Phi) is 4.31. The molecule has 0 saturated heterocycles. The van der Waals surface area contributed by atoms with Crippen LogP contribution in [0, 0.1) is 9.49 Å². The number of nitrogens with zero attached hydrogens (tertiary/aromatic N) is 2. The lowest BCUT2D eigenvalue weighted by Crippen LogP contribution is -2.10. The van der Waals surface area contributed by atoms with Gasteiger partial charge >= 0.3 is 0 Å². The topological polar surface area (TPSA) is 51.8 Å². The van der Waals surface area contributed by atoms with E-state index in [0.717, 1.165) is 21.5 Å². The summed E-state index contributed by atoms with van der Waals surface area (Å²) in [7, 11) is 0. The van der Waals surface area contributed by atoms with Gasteiger partial charge in [-0.05, 0) is 34.4 Å². The number of nitrogen functional groups attached to an aromatic ring is 1. The summed E-state index contributed by atoms with van der Waals surface area (Å²) in [5.41, 5.74) is 6.94. The van der Waals surface area contributed by atoms with Crippen LogP contribution in [0.3, 0.4) is 0 Å². The number of anilines is 1. The maximum atomic E-state index is 5.88. The molecular weight excluding hydrogens is 301 g/mol. The third-order valence-corrected chi connectivity index (χ3v) is 3.19. The predicted molar refractivity (Wildman–Crippen MR) is 71.8 cm³/mol. The van der Waals surface area contributed by atoms with E-state index in [1.54, 1.807) is 0 Å². The summed E-state index contributed by atoms with van der Waals surface area (Å²) in [4.78, 5) is 8.89. The van der Waals surface area contributed by atoms with E-state index in [1.807, 2.05) is 0 Å². The zero-order valence-electron chi connectivity index (χ0n) is 9.71. The van der Waals surface area contributed by atoms with Gasteiger partial charge in [-0.15, -0.1) is 0 Å². The predicted octanol–water partition coefficient (Wildman–Crippen LogP) is 2.99. The molecule has 2 N–H and O–H groups in total. The van der Waals surface area contributed by atoms with E-state index >= 15 is 0 Å². The van der Waals surface area contributed by atoms with E-state index in [4.69, 9.17) is 5.73 Å². The van der Waals surface area contributed by atoms with Gasteiger partial charge in [-0.1, -0.05) is 27.7 Å². The Hall–Kier alpha value is -0.390. The average molecular weight is 319 g/mol. The van der Waals surface area contributed by atoms with Crippen molar-refractivity contribution in [3.8, 4) is 0 Å². The fourth-order valence-corrected chi connectivity index (χ4v) is 2.24. The van der Waals surface area contributed by atoms with Gasteiger partial charge < -0.3 is 5.73 Å². The Morgan fingerprint density at radius 1 is 1.20 bits per heavy atom. The molecule has 0 bridgehead atoms. The average Bonchev–Trinajstić information content (AvgIpc) is 2.09. The summed E-state index contributed by atoms with van der Waals surface area (Å²) < 4.78 is 0.995. The van der Waals surface area contributed by atoms with Gasteiger partial charge in [-0.2, -0.15) is 0 Å². The van der Waals surface area contributed by atoms with Crippen molar-refractivity contribution in [2.75, 3.05) is 5.73 Å². The molecule has 1 aromatic heterocycles. The maximum absolute atomic E-state index is 5.88. The van der Waals surface area contributed by atoms with E-state index in [1.165, 1.54) is 0 Å². The molecule has 84 valence electrons. The quantitative estimate of drug-likeness (QED) is 0.872. The molecule has 1 aromatic rings. The molecule has 0 fully saturated rings. The molecule has 0 radical (unpaired) electrons. The first kappa shape index (κ1) is 12.7. The lowest BCUT2D eigenvalue weighted by atomic mass is 10.1. The number of nitrogens with two attached hydrogens (primary N) is 1. The van der Waals surface area contributed by atoms with Gasteiger partial charge in [0.05, 0.1) is 9.26 Å². The summed E-state index contributed by atoms with van der Waals surface area (Å²) in [6.07, 6.45) is 0.890. The second kappa shape index (κ2) is 5.09. The molecule has 1 heterocycles. The van der Waals surface area contributed by atoms with Crippen LogP contribution in [0.1, 0.15) is 45.1 Å². The van der Waals surface area contributed by atoms with Crippen LogP contribution in [0.15, 0.2) is 0 Å².